The number of amides is 1. The summed E-state index contributed by atoms with van der Waals surface area (Å²) < 4.78 is 11.8. The van der Waals surface area contributed by atoms with E-state index in [1.54, 1.807) is 6.07 Å². The van der Waals surface area contributed by atoms with E-state index in [4.69, 9.17) is 9.47 Å². The molecule has 4 heteroatoms. The van der Waals surface area contributed by atoms with Gasteiger partial charge >= 0.3 is 0 Å². The molecule has 27 heavy (non-hydrogen) atoms. The van der Waals surface area contributed by atoms with Crippen molar-refractivity contribution in [1.82, 2.24) is 5.32 Å². The van der Waals surface area contributed by atoms with Gasteiger partial charge < -0.3 is 14.8 Å². The molecular formula is C23H31NO3. The number of aryl methyl sites for hydroxylation is 2. The fourth-order valence-electron chi connectivity index (χ4n) is 2.83. The van der Waals surface area contributed by atoms with E-state index in [1.807, 2.05) is 25.1 Å². The van der Waals surface area contributed by atoms with Crippen LogP contribution >= 0.6 is 0 Å². The van der Waals surface area contributed by atoms with Crippen LogP contribution in [-0.2, 0) is 6.61 Å². The number of ether oxygens (including phenoxy) is 2. The van der Waals surface area contributed by atoms with Crippen molar-refractivity contribution in [3.05, 3.63) is 58.1 Å². The quantitative estimate of drug-likeness (QED) is 0.714. The number of rotatable bonds is 8. The van der Waals surface area contributed by atoms with Crippen molar-refractivity contribution < 1.29 is 14.3 Å². The summed E-state index contributed by atoms with van der Waals surface area (Å²) in [5.41, 5.74) is 4.99. The largest absolute Gasteiger partial charge is 0.493 e. The van der Waals surface area contributed by atoms with Gasteiger partial charge in [0.05, 0.1) is 6.61 Å². The van der Waals surface area contributed by atoms with Crippen LogP contribution in [0, 0.1) is 26.7 Å². The second-order valence-corrected chi connectivity index (χ2v) is 7.35. The van der Waals surface area contributed by atoms with Crippen LogP contribution in [0.3, 0.4) is 0 Å². The van der Waals surface area contributed by atoms with Gasteiger partial charge in [-0.15, -0.1) is 0 Å². The third-order valence-corrected chi connectivity index (χ3v) is 4.44. The van der Waals surface area contributed by atoms with E-state index in [-0.39, 0.29) is 5.91 Å². The molecule has 0 aliphatic rings. The number of benzene rings is 2. The van der Waals surface area contributed by atoms with Gasteiger partial charge in [-0.25, -0.2) is 0 Å². The summed E-state index contributed by atoms with van der Waals surface area (Å²) in [5, 5.41) is 2.95. The Labute approximate surface area is 162 Å². The third kappa shape index (κ3) is 5.75. The molecule has 0 saturated carbocycles. The van der Waals surface area contributed by atoms with Crippen molar-refractivity contribution in [1.29, 1.82) is 0 Å². The SMILES string of the molecule is CCOc1ccc(C(=O)NCC(C)C)cc1COc1cc(C)cc(C)c1C. The molecule has 0 radical (unpaired) electrons. The molecule has 0 heterocycles. The first-order valence-electron chi connectivity index (χ1n) is 9.56. The first kappa shape index (κ1) is 20.8. The Bertz CT molecular complexity index is 796. The first-order valence-corrected chi connectivity index (χ1v) is 9.56. The molecule has 0 bridgehead atoms. The summed E-state index contributed by atoms with van der Waals surface area (Å²) in [4.78, 5) is 12.4. The van der Waals surface area contributed by atoms with E-state index in [0.29, 0.717) is 31.2 Å². The molecule has 0 saturated heterocycles. The second-order valence-electron chi connectivity index (χ2n) is 7.35. The van der Waals surface area contributed by atoms with Crippen LogP contribution < -0.4 is 14.8 Å². The predicted molar refractivity (Wildman–Crippen MR) is 110 cm³/mol. The average molecular weight is 370 g/mol. The molecule has 0 aliphatic heterocycles. The molecule has 2 aromatic rings. The molecule has 2 aromatic carbocycles. The highest BCUT2D eigenvalue weighted by atomic mass is 16.5. The topological polar surface area (TPSA) is 47.6 Å². The Hall–Kier alpha value is -2.49. The smallest absolute Gasteiger partial charge is 0.251 e. The maximum atomic E-state index is 12.4. The van der Waals surface area contributed by atoms with Crippen LogP contribution in [0.2, 0.25) is 0 Å². The Morgan fingerprint density at radius 1 is 1.04 bits per heavy atom. The molecule has 4 nitrogen and oxygen atoms in total. The van der Waals surface area contributed by atoms with E-state index < -0.39 is 0 Å². The van der Waals surface area contributed by atoms with Gasteiger partial charge in [0.1, 0.15) is 18.1 Å². The Balaban J connectivity index is 2.23. The third-order valence-electron chi connectivity index (χ3n) is 4.44. The molecule has 146 valence electrons. The van der Waals surface area contributed by atoms with E-state index in [0.717, 1.165) is 22.6 Å². The van der Waals surface area contributed by atoms with Gasteiger partial charge in [-0.05, 0) is 74.6 Å². The number of hydrogen-bond donors (Lipinski definition) is 1. The molecule has 0 fully saturated rings. The van der Waals surface area contributed by atoms with Gasteiger partial charge in [0.2, 0.25) is 0 Å². The summed E-state index contributed by atoms with van der Waals surface area (Å²) in [6.45, 7) is 13.9. The summed E-state index contributed by atoms with van der Waals surface area (Å²) in [6.07, 6.45) is 0. The fraction of sp³-hybridized carbons (Fsp3) is 0.435. The molecule has 1 amide bonds. The zero-order valence-electron chi connectivity index (χ0n) is 17.3. The lowest BCUT2D eigenvalue weighted by molar-refractivity contribution is 0.0949. The van der Waals surface area contributed by atoms with Crippen molar-refractivity contribution >= 4 is 5.91 Å². The zero-order valence-corrected chi connectivity index (χ0v) is 17.3. The van der Waals surface area contributed by atoms with Crippen LogP contribution in [0.4, 0.5) is 0 Å². The number of carbonyl (C=O) groups excluding carboxylic acids is 1. The lowest BCUT2D eigenvalue weighted by Crippen LogP contribution is -2.27. The molecule has 2 rings (SSSR count). The molecule has 0 aliphatic carbocycles. The monoisotopic (exact) mass is 369 g/mol. The number of nitrogens with one attached hydrogen (secondary N) is 1. The van der Waals surface area contributed by atoms with Gasteiger partial charge in [0.25, 0.3) is 5.91 Å². The summed E-state index contributed by atoms with van der Waals surface area (Å²) in [5.74, 6) is 1.95. The van der Waals surface area contributed by atoms with Crippen LogP contribution in [0.15, 0.2) is 30.3 Å². The van der Waals surface area contributed by atoms with Crippen LogP contribution in [0.1, 0.15) is 53.4 Å². The Kier molecular flexibility index (Phi) is 7.28. The average Bonchev–Trinajstić information content (AvgIpc) is 2.62. The lowest BCUT2D eigenvalue weighted by atomic mass is 10.1. The van der Waals surface area contributed by atoms with E-state index in [9.17, 15) is 4.79 Å². The lowest BCUT2D eigenvalue weighted by Gasteiger charge is -2.16. The highest BCUT2D eigenvalue weighted by molar-refractivity contribution is 5.94. The highest BCUT2D eigenvalue weighted by Gasteiger charge is 2.13. The maximum absolute atomic E-state index is 12.4. The molecule has 0 spiro atoms. The molecular weight excluding hydrogens is 338 g/mol. The Morgan fingerprint density at radius 3 is 2.44 bits per heavy atom. The van der Waals surface area contributed by atoms with Crippen LogP contribution in [-0.4, -0.2) is 19.1 Å². The molecule has 0 unspecified atom stereocenters. The number of hydrogen-bond acceptors (Lipinski definition) is 3. The van der Waals surface area contributed by atoms with Gasteiger partial charge in [0.15, 0.2) is 0 Å². The van der Waals surface area contributed by atoms with Crippen molar-refractivity contribution in [2.24, 2.45) is 5.92 Å². The van der Waals surface area contributed by atoms with Gasteiger partial charge in [-0.1, -0.05) is 19.9 Å². The minimum Gasteiger partial charge on any atom is -0.493 e. The normalized spacial score (nSPS) is 10.8. The second kappa shape index (κ2) is 9.45. The fourth-order valence-corrected chi connectivity index (χ4v) is 2.83. The zero-order chi connectivity index (χ0) is 20.0. The Morgan fingerprint density at radius 2 is 1.78 bits per heavy atom. The van der Waals surface area contributed by atoms with Crippen LogP contribution in [0.25, 0.3) is 0 Å². The summed E-state index contributed by atoms with van der Waals surface area (Å²) in [7, 11) is 0. The maximum Gasteiger partial charge on any atom is 0.251 e. The highest BCUT2D eigenvalue weighted by Crippen LogP contribution is 2.27. The van der Waals surface area contributed by atoms with Crippen molar-refractivity contribution in [3.63, 3.8) is 0 Å². The van der Waals surface area contributed by atoms with E-state index in [1.165, 1.54) is 11.1 Å². The molecule has 0 atom stereocenters. The number of carbonyl (C=O) groups is 1. The minimum atomic E-state index is -0.0735. The summed E-state index contributed by atoms with van der Waals surface area (Å²) in [6, 6.07) is 9.70. The minimum absolute atomic E-state index is 0.0735. The first-order chi connectivity index (χ1) is 12.8. The van der Waals surface area contributed by atoms with E-state index in [2.05, 4.69) is 46.0 Å². The van der Waals surface area contributed by atoms with E-state index >= 15 is 0 Å². The standard InChI is InChI=1S/C23H31NO3/c1-7-26-21-9-8-19(23(25)24-13-15(2)3)12-20(21)14-27-22-11-16(4)10-17(5)18(22)6/h8-12,15H,7,13-14H2,1-6H3,(H,24,25). The van der Waals surface area contributed by atoms with Crippen molar-refractivity contribution in [2.75, 3.05) is 13.2 Å². The molecule has 1 N–H and O–H groups in total. The summed E-state index contributed by atoms with van der Waals surface area (Å²) >= 11 is 0. The predicted octanol–water partition coefficient (Wildman–Crippen LogP) is 4.98. The molecule has 0 aromatic heterocycles. The van der Waals surface area contributed by atoms with Crippen molar-refractivity contribution in [3.8, 4) is 11.5 Å². The van der Waals surface area contributed by atoms with Crippen molar-refractivity contribution in [2.45, 2.75) is 48.1 Å². The van der Waals surface area contributed by atoms with Gasteiger partial charge in [-0.3, -0.25) is 4.79 Å². The van der Waals surface area contributed by atoms with Gasteiger partial charge in [-0.2, -0.15) is 0 Å². The van der Waals surface area contributed by atoms with Crippen LogP contribution in [0.5, 0.6) is 11.5 Å². The van der Waals surface area contributed by atoms with Gasteiger partial charge in [0, 0.05) is 17.7 Å².